The Morgan fingerprint density at radius 1 is 1.41 bits per heavy atom. The van der Waals surface area contributed by atoms with Gasteiger partial charge in [-0.15, -0.1) is 11.3 Å². The highest BCUT2D eigenvalue weighted by Gasteiger charge is 2.21. The van der Waals surface area contributed by atoms with Crippen molar-refractivity contribution in [1.82, 2.24) is 4.90 Å². The molecule has 0 fully saturated rings. The summed E-state index contributed by atoms with van der Waals surface area (Å²) in [5.41, 5.74) is 6.08. The third-order valence-electron chi connectivity index (χ3n) is 2.98. The van der Waals surface area contributed by atoms with Gasteiger partial charge in [-0.25, -0.2) is 0 Å². The Hall–Kier alpha value is -0.420. The second kappa shape index (κ2) is 7.82. The molecular weight excluding hydrogens is 232 g/mol. The predicted octanol–water partition coefficient (Wildman–Crippen LogP) is 2.23. The van der Waals surface area contributed by atoms with Crippen molar-refractivity contribution in [1.29, 1.82) is 0 Å². The fraction of sp³-hybridized carbons (Fsp3) is 0.692. The summed E-state index contributed by atoms with van der Waals surface area (Å²) in [6, 6.07) is 4.68. The predicted molar refractivity (Wildman–Crippen MR) is 74.3 cm³/mol. The normalized spacial score (nSPS) is 15.1. The molecule has 17 heavy (non-hydrogen) atoms. The molecule has 0 aliphatic heterocycles. The molecule has 0 amide bonds. The lowest BCUT2D eigenvalue weighted by Crippen LogP contribution is -2.37. The molecule has 0 saturated carbocycles. The summed E-state index contributed by atoms with van der Waals surface area (Å²) < 4.78 is 0. The first-order valence-corrected chi connectivity index (χ1v) is 7.15. The van der Waals surface area contributed by atoms with Crippen molar-refractivity contribution in [3.05, 3.63) is 22.4 Å². The van der Waals surface area contributed by atoms with Crippen molar-refractivity contribution in [2.45, 2.75) is 38.3 Å². The number of aliphatic hydroxyl groups is 1. The molecule has 1 rings (SSSR count). The maximum atomic E-state index is 8.75. The van der Waals surface area contributed by atoms with Crippen LogP contribution in [-0.4, -0.2) is 36.2 Å². The van der Waals surface area contributed by atoms with Crippen LogP contribution in [-0.2, 0) is 0 Å². The lowest BCUT2D eigenvalue weighted by atomic mass is 10.1. The number of nitrogens with two attached hydrogens (primary N) is 1. The maximum Gasteiger partial charge on any atom is 0.0588 e. The van der Waals surface area contributed by atoms with Gasteiger partial charge in [-0.05, 0) is 51.2 Å². The molecule has 3 N–H and O–H groups in total. The fourth-order valence-electron chi connectivity index (χ4n) is 2.13. The number of nitrogens with zero attached hydrogens (tertiary/aromatic N) is 1. The number of hydrogen-bond donors (Lipinski definition) is 2. The summed E-state index contributed by atoms with van der Waals surface area (Å²) >= 11 is 1.77. The molecule has 3 nitrogen and oxygen atoms in total. The second-order valence-corrected chi connectivity index (χ2v) is 5.56. The number of hydrogen-bond acceptors (Lipinski definition) is 4. The van der Waals surface area contributed by atoms with Gasteiger partial charge in [0.2, 0.25) is 0 Å². The third-order valence-corrected chi connectivity index (χ3v) is 3.92. The Morgan fingerprint density at radius 2 is 2.18 bits per heavy atom. The van der Waals surface area contributed by atoms with Crippen molar-refractivity contribution in [2.24, 2.45) is 5.73 Å². The van der Waals surface area contributed by atoms with E-state index in [0.717, 1.165) is 25.8 Å². The van der Waals surface area contributed by atoms with Crippen molar-refractivity contribution in [2.75, 3.05) is 20.2 Å². The highest BCUT2D eigenvalue weighted by molar-refractivity contribution is 7.10. The number of aliphatic hydroxyl groups excluding tert-OH is 1. The lowest BCUT2D eigenvalue weighted by molar-refractivity contribution is 0.213. The van der Waals surface area contributed by atoms with Crippen molar-refractivity contribution >= 4 is 11.3 Å². The Balaban J connectivity index is 2.47. The molecule has 98 valence electrons. The summed E-state index contributed by atoms with van der Waals surface area (Å²) in [6.45, 7) is 3.39. The number of thiophene rings is 1. The van der Waals surface area contributed by atoms with E-state index in [0.29, 0.717) is 12.6 Å². The van der Waals surface area contributed by atoms with Gasteiger partial charge in [0.05, 0.1) is 6.04 Å². The van der Waals surface area contributed by atoms with Gasteiger partial charge >= 0.3 is 0 Å². The van der Waals surface area contributed by atoms with E-state index < -0.39 is 0 Å². The summed E-state index contributed by atoms with van der Waals surface area (Å²) in [5.74, 6) is 0. The van der Waals surface area contributed by atoms with E-state index in [4.69, 9.17) is 10.8 Å². The van der Waals surface area contributed by atoms with Crippen molar-refractivity contribution in [3.8, 4) is 0 Å². The molecule has 0 radical (unpaired) electrons. The van der Waals surface area contributed by atoms with Crippen LogP contribution in [0, 0.1) is 0 Å². The van der Waals surface area contributed by atoms with Gasteiger partial charge in [-0.2, -0.15) is 0 Å². The van der Waals surface area contributed by atoms with Crippen LogP contribution in [0.25, 0.3) is 0 Å². The average Bonchev–Trinajstić information content (AvgIpc) is 2.77. The van der Waals surface area contributed by atoms with Crippen LogP contribution in [0.1, 0.15) is 37.1 Å². The first kappa shape index (κ1) is 14.6. The standard InChI is InChI=1S/C13H24N2OS/c1-11(14)13(12-7-6-10-17-12)15(2)8-4-3-5-9-16/h6-7,10-11,13,16H,3-5,8-9,14H2,1-2H3. The van der Waals surface area contributed by atoms with Crippen LogP contribution in [0.2, 0.25) is 0 Å². The molecule has 0 saturated heterocycles. The monoisotopic (exact) mass is 256 g/mol. The van der Waals surface area contributed by atoms with Crippen molar-refractivity contribution in [3.63, 3.8) is 0 Å². The number of rotatable bonds is 8. The molecule has 0 bridgehead atoms. The number of likely N-dealkylation sites (N-methyl/N-ethyl adjacent to an activating group) is 1. The first-order valence-electron chi connectivity index (χ1n) is 6.27. The molecule has 0 aliphatic carbocycles. The summed E-state index contributed by atoms with van der Waals surface area (Å²) in [7, 11) is 2.13. The Labute approximate surface area is 108 Å². The molecule has 4 heteroatoms. The van der Waals surface area contributed by atoms with Crippen LogP contribution in [0.4, 0.5) is 0 Å². The third kappa shape index (κ3) is 4.76. The molecular formula is C13H24N2OS. The number of unbranched alkanes of at least 4 members (excludes halogenated alkanes) is 2. The molecule has 2 atom stereocenters. The Bertz CT molecular complexity index is 288. The first-order chi connectivity index (χ1) is 8.16. The largest absolute Gasteiger partial charge is 0.396 e. The molecule has 0 spiro atoms. The zero-order chi connectivity index (χ0) is 12.7. The zero-order valence-electron chi connectivity index (χ0n) is 10.8. The van der Waals surface area contributed by atoms with Gasteiger partial charge in [0.25, 0.3) is 0 Å². The van der Waals surface area contributed by atoms with Crippen LogP contribution in [0.3, 0.4) is 0 Å². The van der Waals surface area contributed by atoms with E-state index in [9.17, 15) is 0 Å². The summed E-state index contributed by atoms with van der Waals surface area (Å²) in [4.78, 5) is 3.66. The lowest BCUT2D eigenvalue weighted by Gasteiger charge is -2.30. The van der Waals surface area contributed by atoms with Gasteiger partial charge in [-0.3, -0.25) is 4.90 Å². The minimum atomic E-state index is 0.136. The van der Waals surface area contributed by atoms with E-state index in [-0.39, 0.29) is 6.04 Å². The molecule has 1 aromatic heterocycles. The zero-order valence-corrected chi connectivity index (χ0v) is 11.6. The smallest absolute Gasteiger partial charge is 0.0588 e. The Morgan fingerprint density at radius 3 is 2.71 bits per heavy atom. The van der Waals surface area contributed by atoms with E-state index in [1.54, 1.807) is 11.3 Å². The molecule has 1 heterocycles. The SMILES string of the molecule is CC(N)C(c1cccs1)N(C)CCCCCO. The topological polar surface area (TPSA) is 49.5 Å². The molecule has 0 aromatic carbocycles. The fourth-order valence-corrected chi connectivity index (χ4v) is 3.13. The van der Waals surface area contributed by atoms with Crippen molar-refractivity contribution < 1.29 is 5.11 Å². The average molecular weight is 256 g/mol. The van der Waals surface area contributed by atoms with E-state index in [1.165, 1.54) is 4.88 Å². The highest BCUT2D eigenvalue weighted by atomic mass is 32.1. The van der Waals surface area contributed by atoms with Gasteiger partial charge in [-0.1, -0.05) is 6.07 Å². The highest BCUT2D eigenvalue weighted by Crippen LogP contribution is 2.26. The molecule has 2 unspecified atom stereocenters. The molecule has 0 aliphatic rings. The van der Waals surface area contributed by atoms with Gasteiger partial charge in [0.1, 0.15) is 0 Å². The van der Waals surface area contributed by atoms with E-state index >= 15 is 0 Å². The van der Waals surface area contributed by atoms with Crippen LogP contribution in [0.15, 0.2) is 17.5 Å². The minimum Gasteiger partial charge on any atom is -0.396 e. The molecule has 1 aromatic rings. The van der Waals surface area contributed by atoms with Crippen LogP contribution < -0.4 is 5.73 Å². The van der Waals surface area contributed by atoms with E-state index in [1.807, 2.05) is 0 Å². The van der Waals surface area contributed by atoms with Crippen LogP contribution in [0.5, 0.6) is 0 Å². The second-order valence-electron chi connectivity index (χ2n) is 4.58. The van der Waals surface area contributed by atoms with Gasteiger partial charge < -0.3 is 10.8 Å². The van der Waals surface area contributed by atoms with Gasteiger partial charge in [0, 0.05) is 17.5 Å². The Kier molecular flexibility index (Phi) is 6.73. The van der Waals surface area contributed by atoms with E-state index in [2.05, 4.69) is 36.4 Å². The van der Waals surface area contributed by atoms with Gasteiger partial charge in [0.15, 0.2) is 0 Å². The van der Waals surface area contributed by atoms with Crippen LogP contribution >= 0.6 is 11.3 Å². The summed E-state index contributed by atoms with van der Waals surface area (Å²) in [5, 5.41) is 10.8. The maximum absolute atomic E-state index is 8.75. The summed E-state index contributed by atoms with van der Waals surface area (Å²) in [6.07, 6.45) is 3.10. The minimum absolute atomic E-state index is 0.136. The quantitative estimate of drug-likeness (QED) is 0.701.